The van der Waals surface area contributed by atoms with Gasteiger partial charge in [-0.2, -0.15) is 5.26 Å². The summed E-state index contributed by atoms with van der Waals surface area (Å²) in [4.78, 5) is 11.7. The summed E-state index contributed by atoms with van der Waals surface area (Å²) in [5.41, 5.74) is 0.667. The maximum absolute atomic E-state index is 11.7. The Morgan fingerprint density at radius 3 is 2.61 bits per heavy atom. The minimum atomic E-state index is -0.386. The van der Waals surface area contributed by atoms with E-state index in [1.165, 1.54) is 0 Å². The van der Waals surface area contributed by atoms with Crippen molar-refractivity contribution < 1.29 is 9.53 Å². The molecule has 0 aromatic heterocycles. The molecule has 0 aliphatic heterocycles. The highest BCUT2D eigenvalue weighted by molar-refractivity contribution is 5.89. The van der Waals surface area contributed by atoms with E-state index in [4.69, 9.17) is 10.00 Å². The van der Waals surface area contributed by atoms with Crippen molar-refractivity contribution in [2.75, 3.05) is 12.4 Å². The molecule has 1 atom stereocenters. The Balaban J connectivity index is 1.88. The van der Waals surface area contributed by atoms with Gasteiger partial charge in [-0.15, -0.1) is 0 Å². The number of benzene rings is 1. The Hall–Kier alpha value is -2.22. The monoisotopic (exact) mass is 245 g/mol. The van der Waals surface area contributed by atoms with Crippen LogP contribution in [0.5, 0.6) is 5.75 Å². The molecule has 0 spiro atoms. The highest BCUT2D eigenvalue weighted by Gasteiger charge is 2.32. The molecule has 5 nitrogen and oxygen atoms in total. The van der Waals surface area contributed by atoms with Crippen molar-refractivity contribution in [2.45, 2.75) is 18.9 Å². The fourth-order valence-corrected chi connectivity index (χ4v) is 1.67. The minimum absolute atomic E-state index is 0.316. The van der Waals surface area contributed by atoms with Crippen LogP contribution >= 0.6 is 0 Å². The first kappa shape index (κ1) is 12.2. The molecular weight excluding hydrogens is 230 g/mol. The summed E-state index contributed by atoms with van der Waals surface area (Å²) in [6.45, 7) is 0. The molecular formula is C13H15N3O2. The molecule has 2 N–H and O–H groups in total. The Bertz CT molecular complexity index is 460. The summed E-state index contributed by atoms with van der Waals surface area (Å²) in [5, 5.41) is 14.3. The number of carbonyl (C=O) groups excluding carboxylic acids is 1. The number of urea groups is 1. The third kappa shape index (κ3) is 3.14. The fourth-order valence-electron chi connectivity index (χ4n) is 1.67. The average Bonchev–Trinajstić information content (AvgIpc) is 3.21. The van der Waals surface area contributed by atoms with Gasteiger partial charge < -0.3 is 15.4 Å². The second-order valence-electron chi connectivity index (χ2n) is 4.27. The smallest absolute Gasteiger partial charge is 0.320 e. The van der Waals surface area contributed by atoms with E-state index in [-0.39, 0.29) is 12.1 Å². The Kier molecular flexibility index (Phi) is 3.68. The second-order valence-corrected chi connectivity index (χ2v) is 4.27. The van der Waals surface area contributed by atoms with Crippen LogP contribution in [0.2, 0.25) is 0 Å². The molecule has 0 saturated heterocycles. The van der Waals surface area contributed by atoms with E-state index >= 15 is 0 Å². The van der Waals surface area contributed by atoms with Crippen molar-refractivity contribution in [3.05, 3.63) is 24.3 Å². The van der Waals surface area contributed by atoms with Gasteiger partial charge in [-0.1, -0.05) is 0 Å². The van der Waals surface area contributed by atoms with E-state index in [1.54, 1.807) is 31.4 Å². The number of anilines is 1. The molecule has 0 heterocycles. The number of nitrogens with one attached hydrogen (secondary N) is 2. The van der Waals surface area contributed by atoms with Gasteiger partial charge in [0.25, 0.3) is 0 Å². The highest BCUT2D eigenvalue weighted by atomic mass is 16.5. The van der Waals surface area contributed by atoms with Gasteiger partial charge in [-0.3, -0.25) is 0 Å². The summed E-state index contributed by atoms with van der Waals surface area (Å²) in [6, 6.07) is 8.39. The maximum atomic E-state index is 11.7. The van der Waals surface area contributed by atoms with Crippen molar-refractivity contribution in [1.82, 2.24) is 5.32 Å². The number of rotatable bonds is 4. The molecule has 0 radical (unpaired) electrons. The van der Waals surface area contributed by atoms with Crippen LogP contribution in [0, 0.1) is 17.2 Å². The van der Waals surface area contributed by atoms with Crippen molar-refractivity contribution in [3.63, 3.8) is 0 Å². The first-order chi connectivity index (χ1) is 8.72. The summed E-state index contributed by atoms with van der Waals surface area (Å²) in [6.07, 6.45) is 2.03. The summed E-state index contributed by atoms with van der Waals surface area (Å²) < 4.78 is 5.02. The predicted molar refractivity (Wildman–Crippen MR) is 67.3 cm³/mol. The van der Waals surface area contributed by atoms with Gasteiger partial charge in [0, 0.05) is 5.69 Å². The zero-order chi connectivity index (χ0) is 13.0. The minimum Gasteiger partial charge on any atom is -0.497 e. The average molecular weight is 245 g/mol. The number of hydrogen-bond donors (Lipinski definition) is 2. The zero-order valence-corrected chi connectivity index (χ0v) is 10.1. The lowest BCUT2D eigenvalue weighted by atomic mass is 10.2. The molecule has 94 valence electrons. The number of hydrogen-bond acceptors (Lipinski definition) is 3. The van der Waals surface area contributed by atoms with Crippen molar-refractivity contribution >= 4 is 11.7 Å². The summed E-state index contributed by atoms with van der Waals surface area (Å²) in [7, 11) is 1.59. The lowest BCUT2D eigenvalue weighted by molar-refractivity contribution is 0.249. The summed E-state index contributed by atoms with van der Waals surface area (Å²) >= 11 is 0. The normalized spacial score (nSPS) is 15.3. The van der Waals surface area contributed by atoms with E-state index in [9.17, 15) is 4.79 Å². The van der Waals surface area contributed by atoms with E-state index in [1.807, 2.05) is 0 Å². The Morgan fingerprint density at radius 1 is 1.44 bits per heavy atom. The topological polar surface area (TPSA) is 74.2 Å². The van der Waals surface area contributed by atoms with Crippen LogP contribution in [-0.4, -0.2) is 19.2 Å². The Labute approximate surface area is 106 Å². The van der Waals surface area contributed by atoms with Crippen LogP contribution in [0.15, 0.2) is 24.3 Å². The standard InChI is InChI=1S/C13H15N3O2/c1-18-11-6-4-10(5-7-11)15-13(17)16-12(8-14)9-2-3-9/h4-7,9,12H,2-3H2,1H3,(H2,15,16,17). The molecule has 1 aromatic carbocycles. The largest absolute Gasteiger partial charge is 0.497 e. The van der Waals surface area contributed by atoms with Crippen LogP contribution in [-0.2, 0) is 0 Å². The van der Waals surface area contributed by atoms with Gasteiger partial charge >= 0.3 is 6.03 Å². The molecule has 1 saturated carbocycles. The molecule has 1 aliphatic rings. The van der Waals surface area contributed by atoms with Gasteiger partial charge in [0.2, 0.25) is 0 Å². The lowest BCUT2D eigenvalue weighted by Gasteiger charge is -2.11. The number of ether oxygens (including phenoxy) is 1. The highest BCUT2D eigenvalue weighted by Crippen LogP contribution is 2.32. The van der Waals surface area contributed by atoms with E-state index < -0.39 is 0 Å². The quantitative estimate of drug-likeness (QED) is 0.853. The second kappa shape index (κ2) is 5.41. The van der Waals surface area contributed by atoms with Crippen LogP contribution in [0.4, 0.5) is 10.5 Å². The van der Waals surface area contributed by atoms with Crippen LogP contribution in [0.3, 0.4) is 0 Å². The lowest BCUT2D eigenvalue weighted by Crippen LogP contribution is -2.38. The first-order valence-corrected chi connectivity index (χ1v) is 5.84. The van der Waals surface area contributed by atoms with Gasteiger partial charge in [0.15, 0.2) is 0 Å². The molecule has 18 heavy (non-hydrogen) atoms. The Morgan fingerprint density at radius 2 is 2.11 bits per heavy atom. The fraction of sp³-hybridized carbons (Fsp3) is 0.385. The van der Waals surface area contributed by atoms with Crippen LogP contribution in [0.25, 0.3) is 0 Å². The summed E-state index contributed by atoms with van der Waals surface area (Å²) in [5.74, 6) is 1.05. The van der Waals surface area contributed by atoms with E-state index in [2.05, 4.69) is 16.7 Å². The molecule has 2 rings (SSSR count). The number of nitrogens with zero attached hydrogens (tertiary/aromatic N) is 1. The number of carbonyl (C=O) groups is 1. The van der Waals surface area contributed by atoms with Crippen LogP contribution < -0.4 is 15.4 Å². The predicted octanol–water partition coefficient (Wildman–Crippen LogP) is 2.12. The van der Waals surface area contributed by atoms with Gasteiger partial charge in [0.1, 0.15) is 11.8 Å². The third-order valence-corrected chi connectivity index (χ3v) is 2.87. The van der Waals surface area contributed by atoms with Gasteiger partial charge in [-0.05, 0) is 43.0 Å². The molecule has 1 aromatic rings. The zero-order valence-electron chi connectivity index (χ0n) is 10.1. The maximum Gasteiger partial charge on any atom is 0.320 e. The van der Waals surface area contributed by atoms with Gasteiger partial charge in [0.05, 0.1) is 13.2 Å². The van der Waals surface area contributed by atoms with Crippen molar-refractivity contribution in [1.29, 1.82) is 5.26 Å². The number of amides is 2. The molecule has 2 amide bonds. The molecule has 1 aliphatic carbocycles. The van der Waals surface area contributed by atoms with Crippen LogP contribution in [0.1, 0.15) is 12.8 Å². The number of methoxy groups -OCH3 is 1. The molecule has 0 bridgehead atoms. The SMILES string of the molecule is COc1ccc(NC(=O)NC(C#N)C2CC2)cc1. The van der Waals surface area contributed by atoms with Gasteiger partial charge in [-0.25, -0.2) is 4.79 Å². The molecule has 5 heteroatoms. The third-order valence-electron chi connectivity index (χ3n) is 2.87. The molecule has 1 fully saturated rings. The van der Waals surface area contributed by atoms with Crippen molar-refractivity contribution in [2.24, 2.45) is 5.92 Å². The van der Waals surface area contributed by atoms with E-state index in [0.717, 1.165) is 18.6 Å². The van der Waals surface area contributed by atoms with E-state index in [0.29, 0.717) is 11.6 Å². The van der Waals surface area contributed by atoms with Crippen molar-refractivity contribution in [3.8, 4) is 11.8 Å². The molecule has 1 unspecified atom stereocenters. The number of nitriles is 1. The first-order valence-electron chi connectivity index (χ1n) is 5.84.